The van der Waals surface area contributed by atoms with Gasteiger partial charge in [-0.25, -0.2) is 4.79 Å². The van der Waals surface area contributed by atoms with E-state index in [1.54, 1.807) is 4.90 Å². The van der Waals surface area contributed by atoms with Gasteiger partial charge >= 0.3 is 6.09 Å². The standard InChI is InChI=1S/C17H21BrN2O2/c1-17(2,3)22-16(21)19-9-7-12(11-19)20-10-8-13-14(18)5-4-6-15(13)20/h4-6,8,10,12H,7,9,11H2,1-3H3/t12-/m0/s1. The van der Waals surface area contributed by atoms with Crippen molar-refractivity contribution in [1.82, 2.24) is 9.47 Å². The number of halogens is 1. The second kappa shape index (κ2) is 5.61. The lowest BCUT2D eigenvalue weighted by molar-refractivity contribution is 0.0289. The van der Waals surface area contributed by atoms with Crippen LogP contribution in [0.5, 0.6) is 0 Å². The van der Waals surface area contributed by atoms with Gasteiger partial charge < -0.3 is 14.2 Å². The van der Waals surface area contributed by atoms with Crippen molar-refractivity contribution in [3.63, 3.8) is 0 Å². The van der Waals surface area contributed by atoms with E-state index in [-0.39, 0.29) is 6.09 Å². The molecule has 22 heavy (non-hydrogen) atoms. The lowest BCUT2D eigenvalue weighted by Crippen LogP contribution is -2.35. The number of likely N-dealkylation sites (tertiary alicyclic amines) is 1. The number of benzene rings is 1. The predicted molar refractivity (Wildman–Crippen MR) is 91.1 cm³/mol. The van der Waals surface area contributed by atoms with E-state index in [1.807, 2.05) is 32.9 Å². The van der Waals surface area contributed by atoms with Crippen LogP contribution in [0, 0.1) is 0 Å². The molecule has 1 amide bonds. The number of ether oxygens (including phenoxy) is 1. The van der Waals surface area contributed by atoms with Crippen LogP contribution < -0.4 is 0 Å². The minimum absolute atomic E-state index is 0.215. The van der Waals surface area contributed by atoms with Gasteiger partial charge in [0.1, 0.15) is 5.60 Å². The Hall–Kier alpha value is -1.49. The van der Waals surface area contributed by atoms with Crippen molar-refractivity contribution in [3.8, 4) is 0 Å². The molecule has 2 aromatic rings. The molecule has 0 unspecified atom stereocenters. The van der Waals surface area contributed by atoms with Crippen molar-refractivity contribution in [1.29, 1.82) is 0 Å². The molecule has 1 saturated heterocycles. The van der Waals surface area contributed by atoms with Crippen LogP contribution in [0.1, 0.15) is 33.2 Å². The fourth-order valence-corrected chi connectivity index (χ4v) is 3.42. The Balaban J connectivity index is 1.77. The van der Waals surface area contributed by atoms with Gasteiger partial charge in [-0.3, -0.25) is 0 Å². The van der Waals surface area contributed by atoms with Crippen molar-refractivity contribution in [3.05, 3.63) is 34.9 Å². The lowest BCUT2D eigenvalue weighted by atomic mass is 10.2. The Labute approximate surface area is 139 Å². The van der Waals surface area contributed by atoms with E-state index >= 15 is 0 Å². The average molecular weight is 365 g/mol. The molecule has 1 aliphatic rings. The number of carbonyl (C=O) groups excluding carboxylic acids is 1. The molecule has 0 saturated carbocycles. The summed E-state index contributed by atoms with van der Waals surface area (Å²) in [6.45, 7) is 7.14. The molecule has 0 radical (unpaired) electrons. The smallest absolute Gasteiger partial charge is 0.410 e. The average Bonchev–Trinajstić information content (AvgIpc) is 3.03. The second-order valence-electron chi connectivity index (χ2n) is 6.76. The predicted octanol–water partition coefficient (Wildman–Crippen LogP) is 4.59. The normalized spacial score (nSPS) is 18.9. The highest BCUT2D eigenvalue weighted by Crippen LogP contribution is 2.31. The Morgan fingerprint density at radius 1 is 1.32 bits per heavy atom. The zero-order valence-electron chi connectivity index (χ0n) is 13.2. The number of aromatic nitrogens is 1. The highest BCUT2D eigenvalue weighted by Gasteiger charge is 2.30. The van der Waals surface area contributed by atoms with Crippen LogP contribution in [-0.2, 0) is 4.74 Å². The Morgan fingerprint density at radius 3 is 2.82 bits per heavy atom. The zero-order chi connectivity index (χ0) is 15.9. The fourth-order valence-electron chi connectivity index (χ4n) is 2.93. The van der Waals surface area contributed by atoms with Crippen LogP contribution in [0.2, 0.25) is 0 Å². The monoisotopic (exact) mass is 364 g/mol. The van der Waals surface area contributed by atoms with Gasteiger partial charge in [0.15, 0.2) is 0 Å². The van der Waals surface area contributed by atoms with Gasteiger partial charge in [-0.2, -0.15) is 0 Å². The number of rotatable bonds is 1. The van der Waals surface area contributed by atoms with Crippen LogP contribution in [0.15, 0.2) is 34.9 Å². The first-order chi connectivity index (χ1) is 10.3. The Morgan fingerprint density at radius 2 is 2.09 bits per heavy atom. The topological polar surface area (TPSA) is 34.5 Å². The van der Waals surface area contributed by atoms with Crippen molar-refractivity contribution in [2.24, 2.45) is 0 Å². The molecule has 1 fully saturated rings. The first-order valence-electron chi connectivity index (χ1n) is 7.58. The summed E-state index contributed by atoms with van der Waals surface area (Å²) in [5.74, 6) is 0. The van der Waals surface area contributed by atoms with Crippen LogP contribution in [0.25, 0.3) is 10.9 Å². The van der Waals surface area contributed by atoms with Gasteiger partial charge in [0, 0.05) is 34.7 Å². The molecule has 1 atom stereocenters. The summed E-state index contributed by atoms with van der Waals surface area (Å²) in [6.07, 6.45) is 2.85. The second-order valence-corrected chi connectivity index (χ2v) is 7.62. The summed E-state index contributed by atoms with van der Waals surface area (Å²) in [7, 11) is 0. The summed E-state index contributed by atoms with van der Waals surface area (Å²) in [5, 5.41) is 1.21. The molecule has 0 N–H and O–H groups in total. The van der Waals surface area contributed by atoms with Gasteiger partial charge in [-0.05, 0) is 45.4 Å². The largest absolute Gasteiger partial charge is 0.444 e. The van der Waals surface area contributed by atoms with E-state index in [2.05, 4.69) is 38.8 Å². The van der Waals surface area contributed by atoms with E-state index in [0.29, 0.717) is 12.6 Å². The van der Waals surface area contributed by atoms with E-state index < -0.39 is 5.60 Å². The maximum atomic E-state index is 12.2. The summed E-state index contributed by atoms with van der Waals surface area (Å²) >= 11 is 3.59. The van der Waals surface area contributed by atoms with E-state index in [4.69, 9.17) is 4.74 Å². The molecule has 4 nitrogen and oxygen atoms in total. The van der Waals surface area contributed by atoms with Gasteiger partial charge in [0.25, 0.3) is 0 Å². The maximum Gasteiger partial charge on any atom is 0.410 e. The van der Waals surface area contributed by atoms with E-state index in [1.165, 1.54) is 10.9 Å². The molecule has 1 aliphatic heterocycles. The molecule has 1 aromatic heterocycles. The number of carbonyl (C=O) groups is 1. The van der Waals surface area contributed by atoms with Gasteiger partial charge in [-0.1, -0.05) is 22.0 Å². The summed E-state index contributed by atoms with van der Waals surface area (Å²) in [5.41, 5.74) is 0.755. The molecule has 118 valence electrons. The molecule has 0 aliphatic carbocycles. The number of nitrogens with zero attached hydrogens (tertiary/aromatic N) is 2. The molecule has 2 heterocycles. The van der Waals surface area contributed by atoms with Gasteiger partial charge in [0.2, 0.25) is 0 Å². The van der Waals surface area contributed by atoms with Crippen LogP contribution >= 0.6 is 15.9 Å². The molecular formula is C17H21BrN2O2. The quantitative estimate of drug-likeness (QED) is 0.741. The molecule has 0 bridgehead atoms. The van der Waals surface area contributed by atoms with E-state index in [9.17, 15) is 4.79 Å². The first-order valence-corrected chi connectivity index (χ1v) is 8.37. The number of hydrogen-bond donors (Lipinski definition) is 0. The highest BCUT2D eigenvalue weighted by atomic mass is 79.9. The van der Waals surface area contributed by atoms with Crippen molar-refractivity contribution in [2.45, 2.75) is 38.8 Å². The third kappa shape index (κ3) is 3.00. The number of amides is 1. The van der Waals surface area contributed by atoms with Gasteiger partial charge in [0.05, 0.1) is 6.04 Å². The molecule has 5 heteroatoms. The first kappa shape index (κ1) is 15.4. The lowest BCUT2D eigenvalue weighted by Gasteiger charge is -2.24. The minimum Gasteiger partial charge on any atom is -0.444 e. The molecule has 0 spiro atoms. The Bertz CT molecular complexity index is 702. The van der Waals surface area contributed by atoms with Crippen molar-refractivity contribution in [2.75, 3.05) is 13.1 Å². The third-order valence-electron chi connectivity index (χ3n) is 3.92. The van der Waals surface area contributed by atoms with Gasteiger partial charge in [-0.15, -0.1) is 0 Å². The molecule has 1 aromatic carbocycles. The van der Waals surface area contributed by atoms with Crippen molar-refractivity contribution < 1.29 is 9.53 Å². The SMILES string of the molecule is CC(C)(C)OC(=O)N1CC[C@H](n2ccc3c(Br)cccc32)C1. The molecular weight excluding hydrogens is 344 g/mol. The Kier molecular flexibility index (Phi) is 3.93. The zero-order valence-corrected chi connectivity index (χ0v) is 14.8. The van der Waals surface area contributed by atoms with Crippen LogP contribution in [0.3, 0.4) is 0 Å². The number of fused-ring (bicyclic) bond motifs is 1. The van der Waals surface area contributed by atoms with Crippen LogP contribution in [-0.4, -0.2) is 34.3 Å². The fraction of sp³-hybridized carbons (Fsp3) is 0.471. The maximum absolute atomic E-state index is 12.2. The van der Waals surface area contributed by atoms with E-state index in [0.717, 1.165) is 17.4 Å². The number of hydrogen-bond acceptors (Lipinski definition) is 2. The van der Waals surface area contributed by atoms with Crippen LogP contribution in [0.4, 0.5) is 4.79 Å². The molecule has 3 rings (SSSR count). The summed E-state index contributed by atoms with van der Waals surface area (Å²) in [4.78, 5) is 14.0. The highest BCUT2D eigenvalue weighted by molar-refractivity contribution is 9.10. The summed E-state index contributed by atoms with van der Waals surface area (Å²) in [6, 6.07) is 8.64. The third-order valence-corrected chi connectivity index (χ3v) is 4.61. The van der Waals surface area contributed by atoms with Crippen molar-refractivity contribution >= 4 is 32.9 Å². The summed E-state index contributed by atoms with van der Waals surface area (Å²) < 4.78 is 8.84. The minimum atomic E-state index is -0.444.